The average Bonchev–Trinajstić information content (AvgIpc) is 3.18. The fourth-order valence-electron chi connectivity index (χ4n) is 7.17. The third-order valence-electron chi connectivity index (χ3n) is 9.37. The van der Waals surface area contributed by atoms with Gasteiger partial charge in [-0.1, -0.05) is 25.4 Å². The monoisotopic (exact) mass is 587 g/mol. The van der Waals surface area contributed by atoms with Gasteiger partial charge in [-0.25, -0.2) is 9.78 Å². The highest BCUT2D eigenvalue weighted by Crippen LogP contribution is 2.60. The molecule has 7 rings (SSSR count). The van der Waals surface area contributed by atoms with Crippen LogP contribution in [0.1, 0.15) is 59.3 Å². The van der Waals surface area contributed by atoms with Gasteiger partial charge in [0.15, 0.2) is 11.9 Å². The Bertz CT molecular complexity index is 1310. The number of pyridine rings is 1. The second-order valence-corrected chi connectivity index (χ2v) is 12.5. The van der Waals surface area contributed by atoms with Crippen LogP contribution in [0.15, 0.2) is 30.5 Å². The number of amides is 1. The molecule has 2 N–H and O–H groups in total. The van der Waals surface area contributed by atoms with Crippen LogP contribution in [0.5, 0.6) is 0 Å². The van der Waals surface area contributed by atoms with Crippen LogP contribution in [0.3, 0.4) is 0 Å². The van der Waals surface area contributed by atoms with E-state index in [1.54, 1.807) is 6.20 Å². The molecule has 41 heavy (non-hydrogen) atoms. The molecule has 1 aliphatic carbocycles. The predicted octanol–water partition coefficient (Wildman–Crippen LogP) is 4.95. The van der Waals surface area contributed by atoms with E-state index in [4.69, 9.17) is 35.6 Å². The van der Waals surface area contributed by atoms with Crippen LogP contribution in [-0.2, 0) is 33.6 Å². The summed E-state index contributed by atoms with van der Waals surface area (Å²) in [6, 6.07) is 7.41. The van der Waals surface area contributed by atoms with Crippen molar-refractivity contribution in [1.29, 1.82) is 0 Å². The number of ether oxygens (including phenoxy) is 3. The Balaban J connectivity index is 0.988. The van der Waals surface area contributed by atoms with Crippen LogP contribution < -0.4 is 10.6 Å². The van der Waals surface area contributed by atoms with Gasteiger partial charge in [0.2, 0.25) is 18.0 Å². The van der Waals surface area contributed by atoms with Gasteiger partial charge in [0.05, 0.1) is 11.9 Å². The van der Waals surface area contributed by atoms with Gasteiger partial charge in [0.1, 0.15) is 0 Å². The number of hydrogen-bond acceptors (Lipinski definition) is 9. The Morgan fingerprint density at radius 1 is 1.10 bits per heavy atom. The Hall–Kier alpha value is -2.50. The van der Waals surface area contributed by atoms with E-state index in [-0.39, 0.29) is 36.5 Å². The number of fused-ring (bicyclic) bond motifs is 3. The minimum Gasteiger partial charge on any atom is -0.435 e. The highest BCUT2D eigenvalue weighted by molar-refractivity contribution is 6.31. The van der Waals surface area contributed by atoms with Crippen LogP contribution in [0.4, 0.5) is 5.69 Å². The van der Waals surface area contributed by atoms with Crippen LogP contribution in [0.25, 0.3) is 10.9 Å². The van der Waals surface area contributed by atoms with E-state index in [9.17, 15) is 9.59 Å². The van der Waals surface area contributed by atoms with Gasteiger partial charge < -0.3 is 24.8 Å². The Kier molecular flexibility index (Phi) is 7.88. The van der Waals surface area contributed by atoms with Crippen LogP contribution in [-0.4, -0.2) is 53.9 Å². The third kappa shape index (κ3) is 5.41. The van der Waals surface area contributed by atoms with Crippen molar-refractivity contribution in [2.45, 2.75) is 83.3 Å². The zero-order valence-electron chi connectivity index (χ0n) is 23.7. The van der Waals surface area contributed by atoms with E-state index in [1.165, 1.54) is 0 Å². The molecule has 1 spiro atoms. The molecule has 0 unspecified atom stereocenters. The molecule has 5 fully saturated rings. The first-order valence-corrected chi connectivity index (χ1v) is 15.0. The van der Waals surface area contributed by atoms with E-state index < -0.39 is 29.9 Å². The Morgan fingerprint density at radius 3 is 2.80 bits per heavy atom. The molecule has 10 nitrogen and oxygen atoms in total. The molecule has 5 aliphatic rings. The highest BCUT2D eigenvalue weighted by atomic mass is 35.5. The molecule has 1 saturated carbocycles. The zero-order valence-corrected chi connectivity index (χ0v) is 24.4. The van der Waals surface area contributed by atoms with Crippen molar-refractivity contribution >= 4 is 40.1 Å². The molecule has 0 radical (unpaired) electrons. The molecule has 1 aromatic carbocycles. The van der Waals surface area contributed by atoms with Crippen molar-refractivity contribution < 1.29 is 33.6 Å². The number of halogens is 1. The summed E-state index contributed by atoms with van der Waals surface area (Å²) in [5, 5.41) is 7.73. The average molecular weight is 588 g/mol. The van der Waals surface area contributed by atoms with E-state index >= 15 is 0 Å². The van der Waals surface area contributed by atoms with Crippen molar-refractivity contribution in [2.24, 2.45) is 23.7 Å². The number of benzene rings is 1. The van der Waals surface area contributed by atoms with E-state index in [0.29, 0.717) is 30.5 Å². The molecule has 1 aromatic heterocycles. The molecule has 222 valence electrons. The number of rotatable bonds is 8. The molecule has 5 heterocycles. The normalized spacial score (nSPS) is 35.8. The standard InChI is InChI=1S/C30H38ClN3O7/c1-17-4-7-22-18(2)27(38-28-30(22)21(17)10-12-29(3,39-28)40-41-30)37-26(36)9-8-25(35)34-15-14-33-23-11-13-32-24-16-19(31)5-6-20(23)24/h5-6,11,13,16-18,21-22,27-28H,4,7-10,12,14-15H2,1-3H3,(H,32,33)(H,34,35)/t17-,18-,21+,22+,27-,28-,29+,30-/m1/s1. The topological polar surface area (TPSA) is 117 Å². The van der Waals surface area contributed by atoms with E-state index in [2.05, 4.69) is 22.5 Å². The summed E-state index contributed by atoms with van der Waals surface area (Å²) in [4.78, 5) is 41.5. The summed E-state index contributed by atoms with van der Waals surface area (Å²) in [6.45, 7) is 7.07. The summed E-state index contributed by atoms with van der Waals surface area (Å²) in [6.07, 6.45) is 3.87. The van der Waals surface area contributed by atoms with E-state index in [0.717, 1.165) is 35.9 Å². The number of aromatic nitrogens is 1. The second kappa shape index (κ2) is 11.3. The molecular formula is C30H38ClN3O7. The fourth-order valence-corrected chi connectivity index (χ4v) is 7.34. The van der Waals surface area contributed by atoms with Crippen LogP contribution in [0.2, 0.25) is 5.02 Å². The molecule has 1 amide bonds. The lowest BCUT2D eigenvalue weighted by Gasteiger charge is -2.59. The lowest BCUT2D eigenvalue weighted by Crippen LogP contribution is -2.70. The molecule has 4 aliphatic heterocycles. The summed E-state index contributed by atoms with van der Waals surface area (Å²) < 4.78 is 18.4. The first-order valence-electron chi connectivity index (χ1n) is 14.6. The maximum Gasteiger partial charge on any atom is 0.308 e. The van der Waals surface area contributed by atoms with Crippen LogP contribution >= 0.6 is 11.6 Å². The molecular weight excluding hydrogens is 550 g/mol. The lowest BCUT2D eigenvalue weighted by atomic mass is 9.58. The number of hydrogen-bond donors (Lipinski definition) is 2. The number of esters is 1. The SMILES string of the molecule is C[C@H]1[C@H](OC(=O)CCC(=O)NCCNc2ccnc3cc(Cl)ccc23)O[C@@H]2O[C@]3(C)CC[C@H]4[C@H](C)CC[C@@H]1[C@@]24OO3. The maximum absolute atomic E-state index is 12.8. The van der Waals surface area contributed by atoms with Gasteiger partial charge in [-0.2, -0.15) is 0 Å². The minimum absolute atomic E-state index is 0.0263. The predicted molar refractivity (Wildman–Crippen MR) is 150 cm³/mol. The molecule has 2 bridgehead atoms. The summed E-state index contributed by atoms with van der Waals surface area (Å²) >= 11 is 6.06. The highest BCUT2D eigenvalue weighted by Gasteiger charge is 2.69. The molecule has 2 aromatic rings. The fraction of sp³-hybridized carbons (Fsp3) is 0.633. The number of anilines is 1. The van der Waals surface area contributed by atoms with Crippen molar-refractivity contribution in [3.8, 4) is 0 Å². The number of carbonyl (C=O) groups excluding carboxylic acids is 2. The first kappa shape index (κ1) is 28.6. The van der Waals surface area contributed by atoms with Crippen molar-refractivity contribution in [3.05, 3.63) is 35.5 Å². The van der Waals surface area contributed by atoms with Gasteiger partial charge in [-0.3, -0.25) is 14.6 Å². The first-order chi connectivity index (χ1) is 19.7. The van der Waals surface area contributed by atoms with Gasteiger partial charge in [-0.05, 0) is 62.3 Å². The smallest absolute Gasteiger partial charge is 0.308 e. The molecule has 8 atom stereocenters. The van der Waals surface area contributed by atoms with Crippen LogP contribution in [0, 0.1) is 23.7 Å². The summed E-state index contributed by atoms with van der Waals surface area (Å²) in [5.41, 5.74) is 0.991. The summed E-state index contributed by atoms with van der Waals surface area (Å²) in [7, 11) is 0. The van der Waals surface area contributed by atoms with Gasteiger partial charge in [-0.15, -0.1) is 0 Å². The minimum atomic E-state index is -0.891. The van der Waals surface area contributed by atoms with E-state index in [1.807, 2.05) is 38.1 Å². The second-order valence-electron chi connectivity index (χ2n) is 12.1. The quantitative estimate of drug-likeness (QED) is 0.251. The molecule has 4 saturated heterocycles. The van der Waals surface area contributed by atoms with Gasteiger partial charge in [0, 0.05) is 60.1 Å². The zero-order chi connectivity index (χ0) is 28.8. The van der Waals surface area contributed by atoms with Crippen molar-refractivity contribution in [3.63, 3.8) is 0 Å². The van der Waals surface area contributed by atoms with Crippen molar-refractivity contribution in [2.75, 3.05) is 18.4 Å². The van der Waals surface area contributed by atoms with Gasteiger partial charge in [0.25, 0.3) is 0 Å². The maximum atomic E-state index is 12.8. The Labute approximate surface area is 244 Å². The number of nitrogens with one attached hydrogen (secondary N) is 2. The Morgan fingerprint density at radius 2 is 1.95 bits per heavy atom. The largest absolute Gasteiger partial charge is 0.435 e. The molecule has 11 heteroatoms. The number of nitrogens with zero attached hydrogens (tertiary/aromatic N) is 1. The number of carbonyl (C=O) groups is 2. The lowest BCUT2D eigenvalue weighted by molar-refractivity contribution is -0.576. The third-order valence-corrected chi connectivity index (χ3v) is 9.60. The summed E-state index contributed by atoms with van der Waals surface area (Å²) in [5.74, 6) is -0.947. The van der Waals surface area contributed by atoms with Gasteiger partial charge >= 0.3 is 5.97 Å². The van der Waals surface area contributed by atoms with Crippen molar-refractivity contribution in [1.82, 2.24) is 10.3 Å².